The van der Waals surface area contributed by atoms with Crippen LogP contribution in [0.5, 0.6) is 23.0 Å². The number of nitrogens with zero attached hydrogens (tertiary/aromatic N) is 1. The van der Waals surface area contributed by atoms with Crippen LogP contribution in [0.3, 0.4) is 0 Å². The molecule has 200 valence electrons. The summed E-state index contributed by atoms with van der Waals surface area (Å²) in [6.45, 7) is 2.16. The van der Waals surface area contributed by atoms with Crippen LogP contribution in [0.2, 0.25) is 0 Å². The van der Waals surface area contributed by atoms with E-state index in [9.17, 15) is 19.8 Å². The Morgan fingerprint density at radius 1 is 0.974 bits per heavy atom. The average molecular weight is 530 g/mol. The molecule has 5 rings (SSSR count). The minimum atomic E-state index is -0.984. The second kappa shape index (κ2) is 10.4. The van der Waals surface area contributed by atoms with E-state index in [1.165, 1.54) is 18.1 Å². The molecule has 0 bridgehead atoms. The molecule has 0 saturated carbocycles. The normalized spacial score (nSPS) is 15.2. The number of Topliss-reactive ketones (excluding diaryl/α,β-unsaturated/α-hetero) is 1. The van der Waals surface area contributed by atoms with E-state index in [2.05, 4.69) is 0 Å². The number of phenolic OH excluding ortho intramolecular Hbond substituents is 1. The number of hydrogen-bond acceptors (Lipinski definition) is 8. The maximum absolute atomic E-state index is 13.9. The minimum absolute atomic E-state index is 0.0519. The quantitative estimate of drug-likeness (QED) is 0.279. The van der Waals surface area contributed by atoms with Gasteiger partial charge in [-0.05, 0) is 54.4 Å². The Morgan fingerprint density at radius 3 is 2.44 bits per heavy atom. The molecule has 0 spiro atoms. The van der Waals surface area contributed by atoms with Gasteiger partial charge in [0, 0.05) is 11.9 Å². The summed E-state index contributed by atoms with van der Waals surface area (Å²) in [6, 6.07) is 17.5. The number of ether oxygens (including phenoxy) is 3. The van der Waals surface area contributed by atoms with Crippen molar-refractivity contribution in [3.05, 3.63) is 94.9 Å². The number of furan rings is 1. The molecule has 0 fully saturated rings. The number of fused-ring (bicyclic) bond motifs is 1. The summed E-state index contributed by atoms with van der Waals surface area (Å²) in [5, 5.41) is 22.0. The fraction of sp³-hybridized carbons (Fsp3) is 0.200. The molecule has 1 amide bonds. The summed E-state index contributed by atoms with van der Waals surface area (Å²) in [5.41, 5.74) is 1.47. The molecule has 0 saturated heterocycles. The number of benzene rings is 3. The summed E-state index contributed by atoms with van der Waals surface area (Å²) in [7, 11) is 3.06. The van der Waals surface area contributed by atoms with Crippen molar-refractivity contribution < 1.29 is 38.4 Å². The zero-order valence-corrected chi connectivity index (χ0v) is 21.6. The van der Waals surface area contributed by atoms with Crippen molar-refractivity contribution in [3.8, 4) is 23.0 Å². The van der Waals surface area contributed by atoms with E-state index >= 15 is 0 Å². The fourth-order valence-corrected chi connectivity index (χ4v) is 4.74. The number of ketones is 1. The number of para-hydroxylation sites is 1. The molecule has 0 aliphatic carbocycles. The lowest BCUT2D eigenvalue weighted by Gasteiger charge is -2.27. The number of aliphatic hydroxyl groups excluding tert-OH is 1. The molecule has 9 nitrogen and oxygen atoms in total. The van der Waals surface area contributed by atoms with Gasteiger partial charge in [-0.25, -0.2) is 0 Å². The number of hydrogen-bond donors (Lipinski definition) is 2. The van der Waals surface area contributed by atoms with Crippen LogP contribution in [0.1, 0.15) is 34.6 Å². The predicted octanol–water partition coefficient (Wildman–Crippen LogP) is 5.33. The van der Waals surface area contributed by atoms with Gasteiger partial charge in [0.05, 0.1) is 32.4 Å². The molecular weight excluding hydrogens is 502 g/mol. The van der Waals surface area contributed by atoms with Gasteiger partial charge in [0.1, 0.15) is 5.75 Å². The van der Waals surface area contributed by atoms with Gasteiger partial charge >= 0.3 is 0 Å². The maximum Gasteiger partial charge on any atom is 0.290 e. The molecule has 2 N–H and O–H groups in total. The van der Waals surface area contributed by atoms with Crippen LogP contribution in [0.4, 0.5) is 0 Å². The van der Waals surface area contributed by atoms with Crippen LogP contribution in [-0.4, -0.2) is 47.6 Å². The Kier molecular flexibility index (Phi) is 6.89. The van der Waals surface area contributed by atoms with Gasteiger partial charge in [-0.3, -0.25) is 9.59 Å². The number of amides is 1. The molecule has 1 aliphatic rings. The summed E-state index contributed by atoms with van der Waals surface area (Å²) in [4.78, 5) is 28.7. The van der Waals surface area contributed by atoms with E-state index < -0.39 is 23.5 Å². The second-order valence-electron chi connectivity index (χ2n) is 8.92. The van der Waals surface area contributed by atoms with Crippen molar-refractivity contribution in [2.75, 3.05) is 20.8 Å². The first-order valence-corrected chi connectivity index (χ1v) is 12.3. The number of aliphatic hydroxyl groups is 1. The van der Waals surface area contributed by atoms with E-state index in [1.807, 2.05) is 0 Å². The minimum Gasteiger partial charge on any atom is -0.504 e. The Labute approximate surface area is 224 Å². The Morgan fingerprint density at radius 2 is 1.74 bits per heavy atom. The van der Waals surface area contributed by atoms with Crippen molar-refractivity contribution in [2.45, 2.75) is 19.5 Å². The molecule has 2 heterocycles. The molecule has 1 unspecified atom stereocenters. The van der Waals surface area contributed by atoms with Gasteiger partial charge < -0.3 is 33.7 Å². The third-order valence-electron chi connectivity index (χ3n) is 6.61. The highest BCUT2D eigenvalue weighted by Crippen LogP contribution is 2.43. The first-order chi connectivity index (χ1) is 18.9. The van der Waals surface area contributed by atoms with Gasteiger partial charge in [0.25, 0.3) is 5.91 Å². The van der Waals surface area contributed by atoms with Crippen molar-refractivity contribution in [1.82, 2.24) is 4.90 Å². The molecule has 1 aliphatic heterocycles. The fourth-order valence-electron chi connectivity index (χ4n) is 4.74. The highest BCUT2D eigenvalue weighted by Gasteiger charge is 2.45. The third kappa shape index (κ3) is 4.63. The van der Waals surface area contributed by atoms with E-state index in [4.69, 9.17) is 18.6 Å². The van der Waals surface area contributed by atoms with Crippen molar-refractivity contribution in [1.29, 1.82) is 0 Å². The summed E-state index contributed by atoms with van der Waals surface area (Å²) in [5.74, 6) is -0.868. The van der Waals surface area contributed by atoms with Crippen LogP contribution in [0, 0.1) is 0 Å². The highest BCUT2D eigenvalue weighted by molar-refractivity contribution is 6.16. The van der Waals surface area contributed by atoms with Crippen LogP contribution in [-0.2, 0) is 11.3 Å². The number of aromatic hydroxyl groups is 1. The summed E-state index contributed by atoms with van der Waals surface area (Å²) in [6.07, 6.45) is 0. The predicted molar refractivity (Wildman–Crippen MR) is 142 cm³/mol. The molecule has 4 aromatic rings. The second-order valence-corrected chi connectivity index (χ2v) is 8.92. The topological polar surface area (TPSA) is 119 Å². The van der Waals surface area contributed by atoms with Gasteiger partial charge in [-0.1, -0.05) is 30.3 Å². The molecule has 0 radical (unpaired) electrons. The zero-order valence-electron chi connectivity index (χ0n) is 21.6. The third-order valence-corrected chi connectivity index (χ3v) is 6.61. The average Bonchev–Trinajstić information content (AvgIpc) is 3.50. The lowest BCUT2D eigenvalue weighted by molar-refractivity contribution is -0.130. The lowest BCUT2D eigenvalue weighted by atomic mass is 9.94. The smallest absolute Gasteiger partial charge is 0.290 e. The standard InChI is InChI=1S/C30H27NO8/c1-4-38-23-14-18(10-13-21(23)32)26-25(27(33)24-15-19-6-5-7-22(37-3)29(19)39-24)28(34)30(35)31(26)16-17-8-11-20(36-2)12-9-17/h5-15,26,32,34H,4,16H2,1-3H3. The molecule has 1 aromatic heterocycles. The molecular formula is C30H27NO8. The number of carbonyl (C=O) groups is 2. The summed E-state index contributed by atoms with van der Waals surface area (Å²) < 4.78 is 22.0. The number of carbonyl (C=O) groups excluding carboxylic acids is 2. The first-order valence-electron chi connectivity index (χ1n) is 12.3. The first kappa shape index (κ1) is 25.7. The van der Waals surface area contributed by atoms with Crippen LogP contribution in [0.15, 0.2) is 82.5 Å². The van der Waals surface area contributed by atoms with Crippen LogP contribution < -0.4 is 14.2 Å². The van der Waals surface area contributed by atoms with E-state index in [1.54, 1.807) is 74.7 Å². The number of methoxy groups -OCH3 is 2. The van der Waals surface area contributed by atoms with E-state index in [-0.39, 0.29) is 29.4 Å². The van der Waals surface area contributed by atoms with E-state index in [0.29, 0.717) is 34.6 Å². The van der Waals surface area contributed by atoms with Crippen molar-refractivity contribution in [2.24, 2.45) is 0 Å². The van der Waals surface area contributed by atoms with Gasteiger partial charge in [0.15, 0.2) is 34.4 Å². The Hall–Kier alpha value is -4.92. The van der Waals surface area contributed by atoms with Crippen LogP contribution in [0.25, 0.3) is 11.0 Å². The van der Waals surface area contributed by atoms with Gasteiger partial charge in [-0.15, -0.1) is 0 Å². The Balaban J connectivity index is 1.61. The molecule has 9 heteroatoms. The van der Waals surface area contributed by atoms with Crippen LogP contribution >= 0.6 is 0 Å². The van der Waals surface area contributed by atoms with Gasteiger partial charge in [0.2, 0.25) is 5.78 Å². The Bertz CT molecular complexity index is 1580. The van der Waals surface area contributed by atoms with Gasteiger partial charge in [-0.2, -0.15) is 0 Å². The summed E-state index contributed by atoms with van der Waals surface area (Å²) >= 11 is 0. The highest BCUT2D eigenvalue weighted by atomic mass is 16.5. The molecule has 3 aromatic carbocycles. The molecule has 39 heavy (non-hydrogen) atoms. The van der Waals surface area contributed by atoms with E-state index in [0.717, 1.165) is 5.56 Å². The monoisotopic (exact) mass is 529 g/mol. The number of phenols is 1. The SMILES string of the molecule is CCOc1cc(C2C(C(=O)c3cc4cccc(OC)c4o3)=C(O)C(=O)N2Cc2ccc(OC)cc2)ccc1O. The lowest BCUT2D eigenvalue weighted by Crippen LogP contribution is -2.30. The molecule has 1 atom stereocenters. The largest absolute Gasteiger partial charge is 0.504 e. The zero-order chi connectivity index (χ0) is 27.7. The number of rotatable bonds is 9. The maximum atomic E-state index is 13.9. The van der Waals surface area contributed by atoms with Crippen molar-refractivity contribution >= 4 is 22.7 Å². The van der Waals surface area contributed by atoms with Crippen molar-refractivity contribution in [3.63, 3.8) is 0 Å².